The Balaban J connectivity index is 1.83. The Labute approximate surface area is 109 Å². The van der Waals surface area contributed by atoms with Gasteiger partial charge in [0.1, 0.15) is 11.6 Å². The summed E-state index contributed by atoms with van der Waals surface area (Å²) in [5.74, 6) is 2.99. The van der Waals surface area contributed by atoms with Gasteiger partial charge in [-0.25, -0.2) is 0 Å². The molecule has 5 heteroatoms. The molecule has 100 valence electrons. The van der Waals surface area contributed by atoms with E-state index < -0.39 is 0 Å². The van der Waals surface area contributed by atoms with Crippen LogP contribution in [0.5, 0.6) is 0 Å². The van der Waals surface area contributed by atoms with E-state index in [-0.39, 0.29) is 0 Å². The van der Waals surface area contributed by atoms with Gasteiger partial charge < -0.3 is 14.4 Å². The highest BCUT2D eigenvalue weighted by molar-refractivity contribution is 5.06. The Morgan fingerprint density at radius 1 is 1.00 bits per heavy atom. The molecule has 1 saturated heterocycles. The van der Waals surface area contributed by atoms with Crippen LogP contribution >= 0.6 is 0 Å². The summed E-state index contributed by atoms with van der Waals surface area (Å²) in [5, 5.41) is 8.91. The molecule has 0 aliphatic carbocycles. The molecule has 2 aliphatic heterocycles. The predicted molar refractivity (Wildman–Crippen MR) is 70.7 cm³/mol. The molecule has 0 aromatic carbocycles. The third-order valence-electron chi connectivity index (χ3n) is 4.27. The number of likely N-dealkylation sites (tertiary alicyclic amines) is 1. The van der Waals surface area contributed by atoms with Gasteiger partial charge in [-0.3, -0.25) is 0 Å². The highest BCUT2D eigenvalue weighted by atomic mass is 15.3. The lowest BCUT2D eigenvalue weighted by molar-refractivity contribution is 0.241. The Morgan fingerprint density at radius 3 is 2.72 bits per heavy atom. The molecule has 0 spiro atoms. The van der Waals surface area contributed by atoms with E-state index in [0.717, 1.165) is 32.6 Å². The summed E-state index contributed by atoms with van der Waals surface area (Å²) in [5.41, 5.74) is 0. The molecule has 5 nitrogen and oxygen atoms in total. The summed E-state index contributed by atoms with van der Waals surface area (Å²) < 4.78 is 2.38. The van der Waals surface area contributed by atoms with Crippen molar-refractivity contribution in [3.05, 3.63) is 11.6 Å². The molecule has 0 saturated carbocycles. The summed E-state index contributed by atoms with van der Waals surface area (Å²) in [6.07, 6.45) is 3.58. The number of fused-ring (bicyclic) bond motifs is 1. The Bertz CT molecular complexity index is 414. The Morgan fingerprint density at radius 2 is 1.89 bits per heavy atom. The van der Waals surface area contributed by atoms with Crippen molar-refractivity contribution in [1.29, 1.82) is 0 Å². The zero-order valence-electron chi connectivity index (χ0n) is 11.5. The number of hydrogen-bond donors (Lipinski definition) is 0. The first kappa shape index (κ1) is 12.1. The fourth-order valence-electron chi connectivity index (χ4n) is 3.13. The van der Waals surface area contributed by atoms with E-state index in [2.05, 4.69) is 38.7 Å². The van der Waals surface area contributed by atoms with E-state index in [1.165, 1.54) is 31.0 Å². The van der Waals surface area contributed by atoms with Gasteiger partial charge in [0, 0.05) is 38.5 Å². The second-order valence-corrected chi connectivity index (χ2v) is 5.78. The van der Waals surface area contributed by atoms with Gasteiger partial charge in [0.15, 0.2) is 0 Å². The highest BCUT2D eigenvalue weighted by Crippen LogP contribution is 2.26. The molecule has 0 unspecified atom stereocenters. The number of aromatic nitrogens is 3. The van der Waals surface area contributed by atoms with Crippen LogP contribution in [0, 0.1) is 0 Å². The van der Waals surface area contributed by atoms with Crippen molar-refractivity contribution in [1.82, 2.24) is 24.6 Å². The van der Waals surface area contributed by atoms with E-state index in [1.807, 2.05) is 0 Å². The number of piperidine rings is 1. The van der Waals surface area contributed by atoms with Crippen LogP contribution in [-0.4, -0.2) is 64.8 Å². The van der Waals surface area contributed by atoms with Crippen molar-refractivity contribution in [2.24, 2.45) is 0 Å². The second kappa shape index (κ2) is 4.97. The number of hydrogen-bond acceptors (Lipinski definition) is 4. The number of nitrogens with zero attached hydrogens (tertiary/aromatic N) is 5. The van der Waals surface area contributed by atoms with Gasteiger partial charge in [0.25, 0.3) is 0 Å². The summed E-state index contributed by atoms with van der Waals surface area (Å²) in [7, 11) is 4.40. The molecule has 0 radical (unpaired) electrons. The van der Waals surface area contributed by atoms with Crippen LogP contribution in [0.1, 0.15) is 30.4 Å². The van der Waals surface area contributed by atoms with Crippen LogP contribution in [0.25, 0.3) is 0 Å². The summed E-state index contributed by atoms with van der Waals surface area (Å²) >= 11 is 0. The monoisotopic (exact) mass is 249 g/mol. The topological polar surface area (TPSA) is 37.2 Å². The zero-order chi connectivity index (χ0) is 12.5. The lowest BCUT2D eigenvalue weighted by Gasteiger charge is -2.29. The highest BCUT2D eigenvalue weighted by Gasteiger charge is 2.26. The minimum Gasteiger partial charge on any atom is -0.313 e. The molecule has 2 aliphatic rings. The van der Waals surface area contributed by atoms with Gasteiger partial charge in [0.2, 0.25) is 0 Å². The van der Waals surface area contributed by atoms with Crippen LogP contribution in [0.4, 0.5) is 0 Å². The first-order chi connectivity index (χ1) is 8.74. The number of rotatable bonds is 1. The molecule has 1 aromatic rings. The van der Waals surface area contributed by atoms with Gasteiger partial charge in [-0.1, -0.05) is 0 Å². The Hall–Kier alpha value is -0.940. The molecular formula is C13H23N5. The minimum absolute atomic E-state index is 0.577. The van der Waals surface area contributed by atoms with Crippen molar-refractivity contribution < 1.29 is 0 Å². The lowest BCUT2D eigenvalue weighted by Crippen LogP contribution is -2.32. The van der Waals surface area contributed by atoms with E-state index in [1.54, 1.807) is 0 Å². The van der Waals surface area contributed by atoms with Crippen LogP contribution in [0.15, 0.2) is 0 Å². The quantitative estimate of drug-likeness (QED) is 0.729. The minimum atomic E-state index is 0.577. The van der Waals surface area contributed by atoms with Crippen molar-refractivity contribution in [2.45, 2.75) is 31.7 Å². The fraction of sp³-hybridized carbons (Fsp3) is 0.846. The SMILES string of the molecule is CN1CCc2nnc([C@H]3CCCN(C)C3)n2CC1. The van der Waals surface area contributed by atoms with Crippen molar-refractivity contribution in [3.8, 4) is 0 Å². The molecule has 0 N–H and O–H groups in total. The van der Waals surface area contributed by atoms with E-state index in [4.69, 9.17) is 0 Å². The summed E-state index contributed by atoms with van der Waals surface area (Å²) in [4.78, 5) is 4.80. The van der Waals surface area contributed by atoms with Gasteiger partial charge in [-0.15, -0.1) is 10.2 Å². The smallest absolute Gasteiger partial charge is 0.137 e. The van der Waals surface area contributed by atoms with Crippen LogP contribution in [-0.2, 0) is 13.0 Å². The molecule has 3 heterocycles. The average molecular weight is 249 g/mol. The van der Waals surface area contributed by atoms with E-state index >= 15 is 0 Å². The molecule has 18 heavy (non-hydrogen) atoms. The maximum atomic E-state index is 4.49. The molecule has 1 atom stereocenters. The Kier molecular flexibility index (Phi) is 3.35. The van der Waals surface area contributed by atoms with Crippen LogP contribution < -0.4 is 0 Å². The first-order valence-electron chi connectivity index (χ1n) is 7.03. The summed E-state index contributed by atoms with van der Waals surface area (Å²) in [6.45, 7) is 5.62. The molecule has 3 rings (SSSR count). The van der Waals surface area contributed by atoms with E-state index in [0.29, 0.717) is 5.92 Å². The molecular weight excluding hydrogens is 226 g/mol. The molecule has 1 fully saturated rings. The van der Waals surface area contributed by atoms with Gasteiger partial charge in [-0.2, -0.15) is 0 Å². The molecule has 1 aromatic heterocycles. The predicted octanol–water partition coefficient (Wildman–Crippen LogP) is 0.575. The van der Waals surface area contributed by atoms with Crippen molar-refractivity contribution in [3.63, 3.8) is 0 Å². The molecule has 0 amide bonds. The lowest BCUT2D eigenvalue weighted by atomic mass is 9.97. The van der Waals surface area contributed by atoms with Gasteiger partial charge in [-0.05, 0) is 33.5 Å². The van der Waals surface area contributed by atoms with Crippen LogP contribution in [0.2, 0.25) is 0 Å². The van der Waals surface area contributed by atoms with E-state index in [9.17, 15) is 0 Å². The van der Waals surface area contributed by atoms with Gasteiger partial charge >= 0.3 is 0 Å². The summed E-state index contributed by atoms with van der Waals surface area (Å²) in [6, 6.07) is 0. The first-order valence-corrected chi connectivity index (χ1v) is 7.03. The normalized spacial score (nSPS) is 26.9. The maximum Gasteiger partial charge on any atom is 0.137 e. The van der Waals surface area contributed by atoms with Crippen molar-refractivity contribution in [2.75, 3.05) is 40.3 Å². The fourth-order valence-corrected chi connectivity index (χ4v) is 3.13. The van der Waals surface area contributed by atoms with Crippen LogP contribution in [0.3, 0.4) is 0 Å². The molecule has 0 bridgehead atoms. The van der Waals surface area contributed by atoms with Gasteiger partial charge in [0.05, 0.1) is 0 Å². The van der Waals surface area contributed by atoms with Crippen molar-refractivity contribution >= 4 is 0 Å². The third-order valence-corrected chi connectivity index (χ3v) is 4.27. The number of likely N-dealkylation sites (N-methyl/N-ethyl adjacent to an activating group) is 2. The average Bonchev–Trinajstić information content (AvgIpc) is 2.68. The standard InChI is InChI=1S/C13H23N5/c1-16-7-5-12-14-15-13(18(12)9-8-16)11-4-3-6-17(2)10-11/h11H,3-10H2,1-2H3/t11-/m0/s1. The zero-order valence-corrected chi connectivity index (χ0v) is 11.5. The largest absolute Gasteiger partial charge is 0.313 e. The third kappa shape index (κ3) is 2.29. The maximum absolute atomic E-state index is 4.49. The second-order valence-electron chi connectivity index (χ2n) is 5.78.